The molecule has 0 atom stereocenters. The number of allylic oxidation sites excluding steroid dienone is 1. The topological polar surface area (TPSA) is 67.8 Å². The lowest BCUT2D eigenvalue weighted by Crippen LogP contribution is -2.50. The minimum atomic E-state index is -0.0300. The number of fused-ring (bicyclic) bond motifs is 1. The van der Waals surface area contributed by atoms with Gasteiger partial charge >= 0.3 is 0 Å². The molecule has 0 spiro atoms. The Labute approximate surface area is 179 Å². The number of piperazine rings is 1. The van der Waals surface area contributed by atoms with Crippen LogP contribution in [-0.2, 0) is 4.79 Å². The van der Waals surface area contributed by atoms with Gasteiger partial charge in [-0.1, -0.05) is 18.2 Å². The zero-order valence-electron chi connectivity index (χ0n) is 17.1. The number of hydrogen-bond acceptors (Lipinski definition) is 7. The van der Waals surface area contributed by atoms with Gasteiger partial charge in [0.1, 0.15) is 17.0 Å². The van der Waals surface area contributed by atoms with Crippen LogP contribution in [0.15, 0.2) is 42.0 Å². The molecule has 1 fully saturated rings. The van der Waals surface area contributed by atoms with E-state index in [0.29, 0.717) is 24.6 Å². The second-order valence-corrected chi connectivity index (χ2v) is 7.80. The maximum Gasteiger partial charge on any atom is 0.260 e. The van der Waals surface area contributed by atoms with E-state index in [1.54, 1.807) is 24.8 Å². The van der Waals surface area contributed by atoms with Gasteiger partial charge in [0, 0.05) is 26.2 Å². The third kappa shape index (κ3) is 4.23. The standard InChI is InChI=1S/C22H24N4O3S/c1-3-4-16-5-6-18(19(13-16)28-2)29-14-20(27)25-8-10-26(11-9-25)21-17-7-12-30-22(17)24-15-23-21/h3-7,12-13,15H,8-11,14H2,1-2H3/b4-3+. The molecular weight excluding hydrogens is 400 g/mol. The maximum atomic E-state index is 12.7. The molecule has 0 radical (unpaired) electrons. The summed E-state index contributed by atoms with van der Waals surface area (Å²) in [5, 5.41) is 3.10. The quantitative estimate of drug-likeness (QED) is 0.604. The lowest BCUT2D eigenvalue weighted by Gasteiger charge is -2.35. The molecule has 2 aromatic heterocycles. The molecule has 1 aromatic carbocycles. The normalized spacial score (nSPS) is 14.5. The van der Waals surface area contributed by atoms with Crippen molar-refractivity contribution in [1.29, 1.82) is 0 Å². The SMILES string of the molecule is C/C=C/c1ccc(OCC(=O)N2CCN(c3ncnc4sccc34)CC2)c(OC)c1. The second kappa shape index (κ2) is 9.13. The molecule has 4 rings (SSSR count). The van der Waals surface area contributed by atoms with E-state index in [-0.39, 0.29) is 12.5 Å². The van der Waals surface area contributed by atoms with Crippen LogP contribution in [0, 0.1) is 0 Å². The highest BCUT2D eigenvalue weighted by Gasteiger charge is 2.24. The van der Waals surface area contributed by atoms with E-state index in [4.69, 9.17) is 9.47 Å². The number of anilines is 1. The molecule has 0 saturated carbocycles. The third-order valence-corrected chi connectivity index (χ3v) is 5.89. The average Bonchev–Trinajstić information content (AvgIpc) is 3.27. The van der Waals surface area contributed by atoms with Crippen molar-refractivity contribution in [2.24, 2.45) is 0 Å². The van der Waals surface area contributed by atoms with Crippen molar-refractivity contribution < 1.29 is 14.3 Å². The largest absolute Gasteiger partial charge is 0.493 e. The minimum Gasteiger partial charge on any atom is -0.493 e. The number of ether oxygens (including phenoxy) is 2. The molecule has 1 aliphatic heterocycles. The molecule has 1 aliphatic rings. The summed E-state index contributed by atoms with van der Waals surface area (Å²) < 4.78 is 11.2. The average molecular weight is 425 g/mol. The molecule has 1 amide bonds. The highest BCUT2D eigenvalue weighted by atomic mass is 32.1. The number of nitrogens with zero attached hydrogens (tertiary/aromatic N) is 4. The molecule has 1 saturated heterocycles. The summed E-state index contributed by atoms with van der Waals surface area (Å²) in [6, 6.07) is 7.72. The summed E-state index contributed by atoms with van der Waals surface area (Å²) in [5.74, 6) is 2.10. The van der Waals surface area contributed by atoms with Crippen molar-refractivity contribution in [1.82, 2.24) is 14.9 Å². The van der Waals surface area contributed by atoms with Gasteiger partial charge in [0.05, 0.1) is 12.5 Å². The Morgan fingerprint density at radius 1 is 1.17 bits per heavy atom. The van der Waals surface area contributed by atoms with Gasteiger partial charge in [-0.3, -0.25) is 4.79 Å². The van der Waals surface area contributed by atoms with E-state index < -0.39 is 0 Å². The van der Waals surface area contributed by atoms with E-state index >= 15 is 0 Å². The second-order valence-electron chi connectivity index (χ2n) is 6.90. The van der Waals surface area contributed by atoms with E-state index in [0.717, 1.165) is 34.7 Å². The molecule has 3 aromatic rings. The fourth-order valence-electron chi connectivity index (χ4n) is 3.53. The van der Waals surface area contributed by atoms with Gasteiger partial charge in [0.25, 0.3) is 5.91 Å². The molecule has 0 bridgehead atoms. The highest BCUT2D eigenvalue weighted by Crippen LogP contribution is 2.29. The number of thiophene rings is 1. The number of amides is 1. The molecule has 30 heavy (non-hydrogen) atoms. The molecule has 8 heteroatoms. The lowest BCUT2D eigenvalue weighted by atomic mass is 10.2. The van der Waals surface area contributed by atoms with Gasteiger partial charge in [-0.15, -0.1) is 11.3 Å². The number of methoxy groups -OCH3 is 1. The van der Waals surface area contributed by atoms with E-state index in [9.17, 15) is 4.79 Å². The lowest BCUT2D eigenvalue weighted by molar-refractivity contribution is -0.133. The van der Waals surface area contributed by atoms with Crippen molar-refractivity contribution in [3.05, 3.63) is 47.6 Å². The zero-order valence-corrected chi connectivity index (χ0v) is 17.9. The van der Waals surface area contributed by atoms with E-state index in [2.05, 4.69) is 20.9 Å². The monoisotopic (exact) mass is 424 g/mol. The zero-order chi connectivity index (χ0) is 20.9. The summed E-state index contributed by atoms with van der Waals surface area (Å²) >= 11 is 1.61. The van der Waals surface area contributed by atoms with Crippen LogP contribution in [0.4, 0.5) is 5.82 Å². The molecule has 0 unspecified atom stereocenters. The summed E-state index contributed by atoms with van der Waals surface area (Å²) in [5.41, 5.74) is 1.02. The molecule has 156 valence electrons. The van der Waals surface area contributed by atoms with Gasteiger partial charge < -0.3 is 19.3 Å². The first kappa shape index (κ1) is 20.2. The Kier molecular flexibility index (Phi) is 6.13. The molecular formula is C22H24N4O3S. The highest BCUT2D eigenvalue weighted by molar-refractivity contribution is 7.16. The van der Waals surface area contributed by atoms with Crippen LogP contribution >= 0.6 is 11.3 Å². The molecule has 0 N–H and O–H groups in total. The van der Waals surface area contributed by atoms with Gasteiger partial charge in [-0.25, -0.2) is 9.97 Å². The van der Waals surface area contributed by atoms with Gasteiger partial charge in [-0.2, -0.15) is 0 Å². The molecule has 7 nitrogen and oxygen atoms in total. The predicted octanol–water partition coefficient (Wildman–Crippen LogP) is 3.46. The summed E-state index contributed by atoms with van der Waals surface area (Å²) in [7, 11) is 1.60. The van der Waals surface area contributed by atoms with Crippen LogP contribution in [0.2, 0.25) is 0 Å². The van der Waals surface area contributed by atoms with Gasteiger partial charge in [0.15, 0.2) is 18.1 Å². The van der Waals surface area contributed by atoms with Crippen LogP contribution in [0.5, 0.6) is 11.5 Å². The Morgan fingerprint density at radius 2 is 2.00 bits per heavy atom. The molecule has 3 heterocycles. The number of carbonyl (C=O) groups excluding carboxylic acids is 1. The van der Waals surface area contributed by atoms with Gasteiger partial charge in [0.2, 0.25) is 0 Å². The first-order valence-electron chi connectivity index (χ1n) is 9.84. The Hall–Kier alpha value is -3.13. The van der Waals surface area contributed by atoms with Crippen LogP contribution in [0.25, 0.3) is 16.3 Å². The molecule has 0 aliphatic carbocycles. The number of aromatic nitrogens is 2. The number of rotatable bonds is 6. The number of carbonyl (C=O) groups is 1. The van der Waals surface area contributed by atoms with E-state index in [1.165, 1.54) is 0 Å². The van der Waals surface area contributed by atoms with Gasteiger partial charge in [-0.05, 0) is 36.1 Å². The van der Waals surface area contributed by atoms with Crippen LogP contribution in [0.3, 0.4) is 0 Å². The predicted molar refractivity (Wildman–Crippen MR) is 119 cm³/mol. The first-order valence-corrected chi connectivity index (χ1v) is 10.7. The Bertz CT molecular complexity index is 1060. The summed E-state index contributed by atoms with van der Waals surface area (Å²) in [6.45, 7) is 4.68. The van der Waals surface area contributed by atoms with E-state index in [1.807, 2.05) is 47.6 Å². The fourth-order valence-corrected chi connectivity index (χ4v) is 4.25. The van der Waals surface area contributed by atoms with Crippen molar-refractivity contribution in [2.75, 3.05) is 44.8 Å². The smallest absolute Gasteiger partial charge is 0.260 e. The Balaban J connectivity index is 1.34. The van der Waals surface area contributed by atoms with Crippen molar-refractivity contribution >= 4 is 39.4 Å². The summed E-state index contributed by atoms with van der Waals surface area (Å²) in [4.78, 5) is 26.5. The fraction of sp³-hybridized carbons (Fsp3) is 0.318. The van der Waals surface area contributed by atoms with Crippen molar-refractivity contribution in [2.45, 2.75) is 6.92 Å². The van der Waals surface area contributed by atoms with Crippen LogP contribution < -0.4 is 14.4 Å². The van der Waals surface area contributed by atoms with Crippen molar-refractivity contribution in [3.8, 4) is 11.5 Å². The number of hydrogen-bond donors (Lipinski definition) is 0. The first-order chi connectivity index (χ1) is 14.7. The maximum absolute atomic E-state index is 12.7. The van der Waals surface area contributed by atoms with Crippen molar-refractivity contribution in [3.63, 3.8) is 0 Å². The number of benzene rings is 1. The minimum absolute atomic E-state index is 0.0123. The third-order valence-electron chi connectivity index (χ3n) is 5.07. The van der Waals surface area contributed by atoms with Crippen LogP contribution in [0.1, 0.15) is 12.5 Å². The summed E-state index contributed by atoms with van der Waals surface area (Å²) in [6.07, 6.45) is 5.55. The van der Waals surface area contributed by atoms with Crippen LogP contribution in [-0.4, -0.2) is 60.7 Å². The Morgan fingerprint density at radius 3 is 2.77 bits per heavy atom.